The molecule has 2 atom stereocenters. The first-order valence-electron chi connectivity index (χ1n) is 13.9. The van der Waals surface area contributed by atoms with Crippen molar-refractivity contribution in [2.24, 2.45) is 5.89 Å². The number of rotatable bonds is 13. The SMILES string of the molecule is [2H]C([2H])C([2H])(C([2H])([2H])[2H])[C@@](C#N)(CCCN(C)CCc1ccc(OC)c(OC)c1)c1ccc(OC)c(OC)c1. The highest BCUT2D eigenvalue weighted by atomic mass is 16.5. The van der Waals surface area contributed by atoms with Gasteiger partial charge in [0.25, 0.3) is 0 Å². The van der Waals surface area contributed by atoms with Gasteiger partial charge >= 0.3 is 0 Å². The minimum Gasteiger partial charge on any atom is -0.493 e. The number of likely N-dealkylation sites (N-methyl/N-ethyl adjacent to an activating group) is 1. The zero-order chi connectivity index (χ0) is 29.4. The fraction of sp³-hybridized carbons (Fsp3) is 0.519. The molecule has 0 fully saturated rings. The molecule has 1 unspecified atom stereocenters. The number of nitrogens with zero attached hydrogens (tertiary/aromatic N) is 2. The monoisotopic (exact) mass is 460 g/mol. The van der Waals surface area contributed by atoms with E-state index in [-0.39, 0.29) is 17.7 Å². The Hall–Kier alpha value is -2.91. The van der Waals surface area contributed by atoms with E-state index in [1.165, 1.54) is 26.4 Å². The van der Waals surface area contributed by atoms with Crippen LogP contribution in [0.25, 0.3) is 0 Å². The summed E-state index contributed by atoms with van der Waals surface area (Å²) in [4.78, 5) is 2.05. The van der Waals surface area contributed by atoms with Crippen LogP contribution in [0.4, 0.5) is 0 Å². The highest BCUT2D eigenvalue weighted by Crippen LogP contribution is 2.40. The number of nitriles is 1. The molecule has 2 aromatic rings. The topological polar surface area (TPSA) is 64.0 Å². The van der Waals surface area contributed by atoms with Crippen LogP contribution < -0.4 is 18.9 Å². The van der Waals surface area contributed by atoms with Gasteiger partial charge in [-0.3, -0.25) is 0 Å². The van der Waals surface area contributed by atoms with E-state index < -0.39 is 25.0 Å². The third kappa shape index (κ3) is 6.33. The van der Waals surface area contributed by atoms with Gasteiger partial charge in [0.15, 0.2) is 23.0 Å². The maximum atomic E-state index is 10.5. The lowest BCUT2D eigenvalue weighted by Gasteiger charge is -2.32. The molecular formula is C27H38N2O4. The van der Waals surface area contributed by atoms with Crippen molar-refractivity contribution in [3.05, 3.63) is 47.5 Å². The third-order valence-corrected chi connectivity index (χ3v) is 5.85. The predicted octanol–water partition coefficient (Wildman–Crippen LogP) is 5.09. The van der Waals surface area contributed by atoms with Crippen LogP contribution in [-0.2, 0) is 11.8 Å². The molecule has 0 saturated heterocycles. The molecule has 6 heteroatoms. The van der Waals surface area contributed by atoms with Crippen LogP contribution in [0, 0.1) is 17.2 Å². The standard InChI is InChI=1S/C27H38N2O4/c1-20(2)27(19-28,22-10-12-24(31-5)26(18-22)33-7)14-8-15-29(3)16-13-21-9-11-23(30-4)25(17-21)32-6/h9-12,17-18,20H,8,13-16H2,1-7H3/t27-/m0/s1/i1D2,2D3,20D/t20?,27-. The Morgan fingerprint density at radius 3 is 2.18 bits per heavy atom. The molecule has 0 amide bonds. The highest BCUT2D eigenvalue weighted by Gasteiger charge is 2.36. The van der Waals surface area contributed by atoms with Crippen LogP contribution in [0.3, 0.4) is 0 Å². The Balaban J connectivity index is 2.33. The molecule has 0 spiro atoms. The third-order valence-electron chi connectivity index (χ3n) is 5.85. The van der Waals surface area contributed by atoms with Gasteiger partial charge in [0, 0.05) is 14.8 Å². The second kappa shape index (κ2) is 12.4. The Labute approximate surface area is 207 Å². The smallest absolute Gasteiger partial charge is 0.161 e. The van der Waals surface area contributed by atoms with Gasteiger partial charge < -0.3 is 23.8 Å². The number of hydrogen-bond acceptors (Lipinski definition) is 6. The first-order chi connectivity index (χ1) is 18.3. The molecule has 0 heterocycles. The number of hydrogen-bond donors (Lipinski definition) is 0. The first-order valence-corrected chi connectivity index (χ1v) is 10.7. The van der Waals surface area contributed by atoms with Crippen molar-refractivity contribution in [3.8, 4) is 29.1 Å². The van der Waals surface area contributed by atoms with Crippen LogP contribution >= 0.6 is 0 Å². The lowest BCUT2D eigenvalue weighted by Crippen LogP contribution is -2.32. The normalized spacial score (nSPS) is 17.8. The van der Waals surface area contributed by atoms with Crippen molar-refractivity contribution in [2.75, 3.05) is 48.6 Å². The molecule has 0 N–H and O–H groups in total. The molecule has 0 bridgehead atoms. The molecule has 0 aromatic heterocycles. The maximum absolute atomic E-state index is 10.5. The fourth-order valence-corrected chi connectivity index (χ4v) is 3.80. The molecule has 33 heavy (non-hydrogen) atoms. The van der Waals surface area contributed by atoms with E-state index in [0.29, 0.717) is 36.8 Å². The summed E-state index contributed by atoms with van der Waals surface area (Å²) in [6.45, 7) is -4.03. The largest absolute Gasteiger partial charge is 0.493 e. The van der Waals surface area contributed by atoms with Gasteiger partial charge in [-0.2, -0.15) is 5.26 Å². The van der Waals surface area contributed by atoms with Crippen molar-refractivity contribution in [3.63, 3.8) is 0 Å². The Bertz CT molecular complexity index is 1140. The zero-order valence-corrected chi connectivity index (χ0v) is 20.1. The van der Waals surface area contributed by atoms with Crippen LogP contribution in [0.15, 0.2) is 36.4 Å². The van der Waals surface area contributed by atoms with E-state index in [0.717, 1.165) is 12.0 Å². The second-order valence-electron chi connectivity index (χ2n) is 7.85. The summed E-state index contributed by atoms with van der Waals surface area (Å²) in [5, 5.41) is 10.5. The van der Waals surface area contributed by atoms with Crippen LogP contribution in [0.5, 0.6) is 23.0 Å². The van der Waals surface area contributed by atoms with Crippen molar-refractivity contribution in [1.29, 1.82) is 5.26 Å². The Morgan fingerprint density at radius 1 is 0.970 bits per heavy atom. The van der Waals surface area contributed by atoms with Crippen LogP contribution in [-0.4, -0.2) is 53.5 Å². The zero-order valence-electron chi connectivity index (χ0n) is 26.1. The average Bonchev–Trinajstić information content (AvgIpc) is 2.92. The van der Waals surface area contributed by atoms with E-state index in [2.05, 4.69) is 6.07 Å². The molecule has 0 aliphatic carbocycles. The van der Waals surface area contributed by atoms with Gasteiger partial charge in [-0.05, 0) is 74.1 Å². The van der Waals surface area contributed by atoms with Gasteiger partial charge in [0.2, 0.25) is 0 Å². The summed E-state index contributed by atoms with van der Waals surface area (Å²) < 4.78 is 70.8. The summed E-state index contributed by atoms with van der Waals surface area (Å²) in [7, 11) is 7.94. The lowest BCUT2D eigenvalue weighted by atomic mass is 9.69. The Kier molecular flexibility index (Phi) is 6.93. The second-order valence-corrected chi connectivity index (χ2v) is 7.85. The van der Waals surface area contributed by atoms with Gasteiger partial charge in [-0.1, -0.05) is 25.9 Å². The molecule has 0 radical (unpaired) electrons. The van der Waals surface area contributed by atoms with E-state index in [1.54, 1.807) is 20.3 Å². The van der Waals surface area contributed by atoms with E-state index in [9.17, 15) is 5.26 Å². The number of methoxy groups -OCH3 is 4. The molecule has 6 nitrogen and oxygen atoms in total. The fourth-order valence-electron chi connectivity index (χ4n) is 3.80. The van der Waals surface area contributed by atoms with Crippen LogP contribution in [0.2, 0.25) is 0 Å². The molecular weight excluding hydrogens is 416 g/mol. The minimum absolute atomic E-state index is 0.0458. The number of benzene rings is 2. The molecule has 0 aliphatic rings. The van der Waals surface area contributed by atoms with Gasteiger partial charge in [0.1, 0.15) is 0 Å². The van der Waals surface area contributed by atoms with Crippen molar-refractivity contribution in [1.82, 2.24) is 4.90 Å². The highest BCUT2D eigenvalue weighted by molar-refractivity contribution is 5.47. The van der Waals surface area contributed by atoms with E-state index in [4.69, 9.17) is 27.2 Å². The van der Waals surface area contributed by atoms with E-state index >= 15 is 0 Å². The van der Waals surface area contributed by atoms with Gasteiger partial charge in [0.05, 0.1) is 39.9 Å². The molecule has 2 aromatic carbocycles. The van der Waals surface area contributed by atoms with E-state index in [1.807, 2.05) is 30.1 Å². The molecule has 2 rings (SSSR count). The van der Waals surface area contributed by atoms with Crippen LogP contribution in [0.1, 0.15) is 45.9 Å². The quantitative estimate of drug-likeness (QED) is 0.415. The summed E-state index contributed by atoms with van der Waals surface area (Å²) in [6, 6.07) is 12.3. The summed E-state index contributed by atoms with van der Waals surface area (Å²) >= 11 is 0. The van der Waals surface area contributed by atoms with Crippen molar-refractivity contribution < 1.29 is 27.2 Å². The first kappa shape index (κ1) is 18.5. The molecule has 0 aliphatic heterocycles. The predicted molar refractivity (Wildman–Crippen MR) is 132 cm³/mol. The molecule has 0 saturated carbocycles. The molecule has 180 valence electrons. The minimum atomic E-state index is -3.08. The summed E-state index contributed by atoms with van der Waals surface area (Å²) in [6.07, 6.45) is 1.03. The van der Waals surface area contributed by atoms with Crippen molar-refractivity contribution in [2.45, 2.75) is 38.4 Å². The summed E-state index contributed by atoms with van der Waals surface area (Å²) in [5.74, 6) is -0.801. The average molecular weight is 461 g/mol. The Morgan fingerprint density at radius 2 is 1.61 bits per heavy atom. The van der Waals surface area contributed by atoms with Crippen molar-refractivity contribution >= 4 is 0 Å². The van der Waals surface area contributed by atoms with Gasteiger partial charge in [-0.15, -0.1) is 0 Å². The maximum Gasteiger partial charge on any atom is 0.161 e. The van der Waals surface area contributed by atoms with Gasteiger partial charge in [-0.25, -0.2) is 0 Å². The summed E-state index contributed by atoms with van der Waals surface area (Å²) in [5.41, 5.74) is -0.739. The lowest BCUT2D eigenvalue weighted by molar-refractivity contribution is 0.292. The number of ether oxygens (including phenoxy) is 4.